The van der Waals surface area contributed by atoms with E-state index in [0.29, 0.717) is 5.75 Å². The molecule has 2 atom stereocenters. The third kappa shape index (κ3) is 4.44. The quantitative estimate of drug-likeness (QED) is 0.519. The number of aliphatic hydroxyl groups is 1. The van der Waals surface area contributed by atoms with Crippen LogP contribution < -0.4 is 4.74 Å². The second-order valence-corrected chi connectivity index (χ2v) is 4.68. The number of hydrogen-bond donors (Lipinski definition) is 1. The van der Waals surface area contributed by atoms with Gasteiger partial charge in [0.2, 0.25) is 0 Å². The second kappa shape index (κ2) is 5.88. The summed E-state index contributed by atoms with van der Waals surface area (Å²) in [7, 11) is 0. The molecule has 1 aromatic carbocycles. The van der Waals surface area contributed by atoms with Gasteiger partial charge in [-0.1, -0.05) is 41.1 Å². The Balaban J connectivity index is 2.43. The molecule has 0 heterocycles. The summed E-state index contributed by atoms with van der Waals surface area (Å²) >= 11 is 3.20. The van der Waals surface area contributed by atoms with E-state index in [0.717, 1.165) is 0 Å². The minimum Gasteiger partial charge on any atom is -0.426 e. The van der Waals surface area contributed by atoms with Crippen molar-refractivity contribution < 1.29 is 14.6 Å². The van der Waals surface area contributed by atoms with Gasteiger partial charge in [-0.25, -0.2) is 0 Å². The number of carbonyl (C=O) groups is 1. The average Bonchev–Trinajstić information content (AvgIpc) is 2.18. The number of alkyl halides is 1. The van der Waals surface area contributed by atoms with E-state index < -0.39 is 12.1 Å². The van der Waals surface area contributed by atoms with Gasteiger partial charge in [0.1, 0.15) is 5.75 Å². The van der Waals surface area contributed by atoms with Gasteiger partial charge in [-0.2, -0.15) is 0 Å². The first-order chi connectivity index (χ1) is 7.09. The van der Waals surface area contributed by atoms with Crippen LogP contribution in [0.1, 0.15) is 13.3 Å². The fourth-order valence-corrected chi connectivity index (χ4v) is 1.18. The first-order valence-corrected chi connectivity index (χ1v) is 5.59. The second-order valence-electron chi connectivity index (χ2n) is 3.24. The lowest BCUT2D eigenvalue weighted by Gasteiger charge is -2.11. The Labute approximate surface area is 97.2 Å². The Kier molecular flexibility index (Phi) is 4.78. The standard InChI is InChI=1S/C11H13BrO3/c1-8(12)10(13)7-11(14)15-9-5-3-2-4-6-9/h2-6,8,10,13H,7H2,1H3. The zero-order valence-electron chi connectivity index (χ0n) is 8.39. The minimum absolute atomic E-state index is 0.0126. The van der Waals surface area contributed by atoms with Crippen LogP contribution in [0.2, 0.25) is 0 Å². The zero-order chi connectivity index (χ0) is 11.3. The largest absolute Gasteiger partial charge is 0.426 e. The Hall–Kier alpha value is -0.870. The molecule has 0 saturated heterocycles. The SMILES string of the molecule is CC(Br)C(O)CC(=O)Oc1ccccc1. The number of esters is 1. The Bertz CT molecular complexity index is 311. The molecule has 1 aromatic rings. The number of carbonyl (C=O) groups excluding carboxylic acids is 1. The number of benzene rings is 1. The molecule has 4 heteroatoms. The monoisotopic (exact) mass is 272 g/mol. The number of para-hydroxylation sites is 1. The van der Waals surface area contributed by atoms with Crippen molar-refractivity contribution in [1.29, 1.82) is 0 Å². The summed E-state index contributed by atoms with van der Waals surface area (Å²) in [5.74, 6) is 0.0666. The van der Waals surface area contributed by atoms with Crippen molar-refractivity contribution in [3.63, 3.8) is 0 Å². The fraction of sp³-hybridized carbons (Fsp3) is 0.364. The lowest BCUT2D eigenvalue weighted by Crippen LogP contribution is -2.23. The number of hydrogen-bond acceptors (Lipinski definition) is 3. The van der Waals surface area contributed by atoms with Crippen molar-refractivity contribution in [2.24, 2.45) is 0 Å². The molecule has 15 heavy (non-hydrogen) atoms. The summed E-state index contributed by atoms with van der Waals surface area (Å²) < 4.78 is 5.02. The van der Waals surface area contributed by atoms with Crippen LogP contribution in [-0.2, 0) is 4.79 Å². The first kappa shape index (κ1) is 12.2. The average molecular weight is 273 g/mol. The molecule has 0 bridgehead atoms. The summed E-state index contributed by atoms with van der Waals surface area (Å²) in [4.78, 5) is 11.2. The maximum Gasteiger partial charge on any atom is 0.313 e. The van der Waals surface area contributed by atoms with Gasteiger partial charge >= 0.3 is 5.97 Å². The summed E-state index contributed by atoms with van der Waals surface area (Å²) in [6.45, 7) is 1.78. The molecule has 2 unspecified atom stereocenters. The maximum absolute atomic E-state index is 11.3. The van der Waals surface area contributed by atoms with Crippen molar-refractivity contribution in [3.05, 3.63) is 30.3 Å². The highest BCUT2D eigenvalue weighted by atomic mass is 79.9. The van der Waals surface area contributed by atoms with E-state index in [4.69, 9.17) is 4.74 Å². The van der Waals surface area contributed by atoms with Gasteiger partial charge in [-0.3, -0.25) is 4.79 Å². The predicted molar refractivity (Wildman–Crippen MR) is 61.1 cm³/mol. The highest BCUT2D eigenvalue weighted by molar-refractivity contribution is 9.09. The Morgan fingerprint density at radius 2 is 2.07 bits per heavy atom. The molecule has 0 saturated carbocycles. The van der Waals surface area contributed by atoms with Gasteiger partial charge in [0, 0.05) is 4.83 Å². The van der Waals surface area contributed by atoms with Crippen molar-refractivity contribution in [1.82, 2.24) is 0 Å². The van der Waals surface area contributed by atoms with Crippen LogP contribution in [0.4, 0.5) is 0 Å². The number of ether oxygens (including phenoxy) is 1. The Morgan fingerprint density at radius 1 is 1.47 bits per heavy atom. The molecule has 0 fully saturated rings. The van der Waals surface area contributed by atoms with E-state index in [9.17, 15) is 9.90 Å². The van der Waals surface area contributed by atoms with Gasteiger partial charge in [0.05, 0.1) is 12.5 Å². The van der Waals surface area contributed by atoms with Crippen molar-refractivity contribution >= 4 is 21.9 Å². The highest BCUT2D eigenvalue weighted by Crippen LogP contribution is 2.12. The van der Waals surface area contributed by atoms with Crippen LogP contribution in [0.3, 0.4) is 0 Å². The van der Waals surface area contributed by atoms with E-state index in [2.05, 4.69) is 15.9 Å². The molecule has 0 aliphatic heterocycles. The third-order valence-electron chi connectivity index (χ3n) is 1.88. The molecule has 1 rings (SSSR count). The molecule has 82 valence electrons. The van der Waals surface area contributed by atoms with Gasteiger partial charge < -0.3 is 9.84 Å². The van der Waals surface area contributed by atoms with Gasteiger partial charge in [0.15, 0.2) is 0 Å². The first-order valence-electron chi connectivity index (χ1n) is 4.67. The molecule has 1 N–H and O–H groups in total. The summed E-state index contributed by atoms with van der Waals surface area (Å²) in [5, 5.41) is 9.43. The Morgan fingerprint density at radius 3 is 2.60 bits per heavy atom. The van der Waals surface area contributed by atoms with E-state index in [1.807, 2.05) is 6.07 Å². The normalized spacial score (nSPS) is 14.3. The zero-order valence-corrected chi connectivity index (χ0v) is 9.98. The molecular formula is C11H13BrO3. The van der Waals surface area contributed by atoms with Gasteiger partial charge in [-0.05, 0) is 12.1 Å². The van der Waals surface area contributed by atoms with Crippen LogP contribution in [-0.4, -0.2) is 22.0 Å². The molecule has 0 aliphatic rings. The molecule has 0 aromatic heterocycles. The minimum atomic E-state index is -0.721. The van der Waals surface area contributed by atoms with Crippen LogP contribution in [0.15, 0.2) is 30.3 Å². The van der Waals surface area contributed by atoms with Crippen LogP contribution >= 0.6 is 15.9 Å². The summed E-state index contributed by atoms with van der Waals surface area (Å²) in [6.07, 6.45) is -0.734. The van der Waals surface area contributed by atoms with E-state index in [-0.39, 0.29) is 11.2 Å². The smallest absolute Gasteiger partial charge is 0.313 e. The number of rotatable bonds is 4. The van der Waals surface area contributed by atoms with Crippen LogP contribution in [0.25, 0.3) is 0 Å². The van der Waals surface area contributed by atoms with E-state index >= 15 is 0 Å². The van der Waals surface area contributed by atoms with Gasteiger partial charge in [-0.15, -0.1) is 0 Å². The molecule has 0 radical (unpaired) electrons. The fourth-order valence-electron chi connectivity index (χ4n) is 0.995. The van der Waals surface area contributed by atoms with E-state index in [1.54, 1.807) is 31.2 Å². The molecule has 0 spiro atoms. The van der Waals surface area contributed by atoms with Crippen LogP contribution in [0, 0.1) is 0 Å². The lowest BCUT2D eigenvalue weighted by atomic mass is 10.2. The number of halogens is 1. The highest BCUT2D eigenvalue weighted by Gasteiger charge is 2.16. The predicted octanol–water partition coefficient (Wildman–Crippen LogP) is 2.13. The van der Waals surface area contributed by atoms with Gasteiger partial charge in [0.25, 0.3) is 0 Å². The lowest BCUT2D eigenvalue weighted by molar-refractivity contribution is -0.136. The molecule has 3 nitrogen and oxygen atoms in total. The summed E-state index contributed by atoms with van der Waals surface area (Å²) in [6, 6.07) is 8.80. The number of aliphatic hydroxyl groups excluding tert-OH is 1. The molecular weight excluding hydrogens is 260 g/mol. The third-order valence-corrected chi connectivity index (χ3v) is 2.49. The van der Waals surface area contributed by atoms with Crippen LogP contribution in [0.5, 0.6) is 5.75 Å². The van der Waals surface area contributed by atoms with Crippen molar-refractivity contribution in [2.75, 3.05) is 0 Å². The van der Waals surface area contributed by atoms with E-state index in [1.165, 1.54) is 0 Å². The van der Waals surface area contributed by atoms with Crippen molar-refractivity contribution in [3.8, 4) is 5.75 Å². The maximum atomic E-state index is 11.3. The molecule has 0 amide bonds. The topological polar surface area (TPSA) is 46.5 Å². The molecule has 0 aliphatic carbocycles. The summed E-state index contributed by atoms with van der Waals surface area (Å²) in [5.41, 5.74) is 0. The van der Waals surface area contributed by atoms with Crippen molar-refractivity contribution in [2.45, 2.75) is 24.3 Å².